The number of Topliss-reactive ketones (excluding diaryl/α,β-unsaturated/α-hetero) is 1. The molecule has 0 aromatic rings. The lowest BCUT2D eigenvalue weighted by atomic mass is 10.0. The van der Waals surface area contributed by atoms with E-state index in [-0.39, 0.29) is 11.7 Å². The van der Waals surface area contributed by atoms with E-state index in [4.69, 9.17) is 23.2 Å². The molecule has 108 valence electrons. The van der Waals surface area contributed by atoms with E-state index in [9.17, 15) is 4.79 Å². The van der Waals surface area contributed by atoms with Crippen molar-refractivity contribution in [3.63, 3.8) is 0 Å². The number of unbranched alkanes of at least 4 members (excludes halogenated alkanes) is 8. The smallest absolute Gasteiger partial charge is 0.138 e. The zero-order valence-corrected chi connectivity index (χ0v) is 13.2. The fraction of sp³-hybridized carbons (Fsp3) is 0.933. The van der Waals surface area contributed by atoms with Gasteiger partial charge in [0.05, 0.1) is 0 Å². The minimum absolute atomic E-state index is 0.137. The lowest BCUT2D eigenvalue weighted by Gasteiger charge is -2.08. The van der Waals surface area contributed by atoms with Crippen molar-refractivity contribution in [3.05, 3.63) is 0 Å². The molecule has 0 spiro atoms. The van der Waals surface area contributed by atoms with Gasteiger partial charge in [0.2, 0.25) is 0 Å². The molecule has 3 heteroatoms. The molecule has 0 rings (SSSR count). The molecule has 0 unspecified atom stereocenters. The van der Waals surface area contributed by atoms with Gasteiger partial charge in [0.15, 0.2) is 0 Å². The van der Waals surface area contributed by atoms with E-state index in [0.29, 0.717) is 18.2 Å². The molecular formula is C15H28Cl2O. The summed E-state index contributed by atoms with van der Waals surface area (Å²) in [7, 11) is 0. The van der Waals surface area contributed by atoms with Gasteiger partial charge in [-0.05, 0) is 6.42 Å². The summed E-state index contributed by atoms with van der Waals surface area (Å²) in [6.45, 7) is 2.24. The summed E-state index contributed by atoms with van der Waals surface area (Å²) >= 11 is 11.4. The van der Waals surface area contributed by atoms with Crippen molar-refractivity contribution in [2.45, 2.75) is 71.1 Å². The number of carbonyl (C=O) groups excluding carboxylic acids is 1. The largest absolute Gasteiger partial charge is 0.299 e. The molecule has 0 aliphatic rings. The highest BCUT2D eigenvalue weighted by Crippen LogP contribution is 2.13. The van der Waals surface area contributed by atoms with E-state index in [1.165, 1.54) is 44.9 Å². The lowest BCUT2D eigenvalue weighted by Crippen LogP contribution is -2.17. The van der Waals surface area contributed by atoms with Gasteiger partial charge in [-0.2, -0.15) is 0 Å². The maximum absolute atomic E-state index is 11.6. The van der Waals surface area contributed by atoms with Crippen LogP contribution in [0.5, 0.6) is 0 Å². The van der Waals surface area contributed by atoms with Gasteiger partial charge in [0.1, 0.15) is 5.78 Å². The van der Waals surface area contributed by atoms with Gasteiger partial charge >= 0.3 is 0 Å². The predicted octanol–water partition coefficient (Wildman–Crippen LogP) is 5.57. The van der Waals surface area contributed by atoms with Crippen molar-refractivity contribution in [1.82, 2.24) is 0 Å². The maximum Gasteiger partial charge on any atom is 0.138 e. The van der Waals surface area contributed by atoms with E-state index >= 15 is 0 Å². The molecule has 0 aliphatic carbocycles. The first kappa shape index (κ1) is 18.2. The molecule has 0 N–H and O–H groups in total. The Morgan fingerprint density at radius 1 is 0.833 bits per heavy atom. The number of carbonyl (C=O) groups is 1. The molecule has 1 nitrogen and oxygen atoms in total. The van der Waals surface area contributed by atoms with Crippen LogP contribution in [0, 0.1) is 5.92 Å². The van der Waals surface area contributed by atoms with Gasteiger partial charge in [-0.25, -0.2) is 0 Å². The van der Waals surface area contributed by atoms with E-state index in [2.05, 4.69) is 6.92 Å². The van der Waals surface area contributed by atoms with Crippen molar-refractivity contribution in [2.24, 2.45) is 5.92 Å². The summed E-state index contributed by atoms with van der Waals surface area (Å²) in [6.07, 6.45) is 12.2. The Hall–Kier alpha value is 0.250. The first-order valence-electron chi connectivity index (χ1n) is 7.40. The zero-order valence-electron chi connectivity index (χ0n) is 11.7. The summed E-state index contributed by atoms with van der Waals surface area (Å²) in [4.78, 5) is 11.6. The monoisotopic (exact) mass is 294 g/mol. The zero-order chi connectivity index (χ0) is 13.6. The van der Waals surface area contributed by atoms with Crippen molar-refractivity contribution < 1.29 is 4.79 Å². The summed E-state index contributed by atoms with van der Waals surface area (Å²) in [6, 6.07) is 0. The standard InChI is InChI=1S/C15H28Cl2O/c1-2-3-4-5-6-7-8-9-10-11-15(18)14(12-16)13-17/h14H,2-13H2,1H3. The molecule has 0 aromatic carbocycles. The normalized spacial score (nSPS) is 11.1. The quantitative estimate of drug-likeness (QED) is 0.320. The Morgan fingerprint density at radius 3 is 1.72 bits per heavy atom. The van der Waals surface area contributed by atoms with Crippen LogP contribution in [0.25, 0.3) is 0 Å². The van der Waals surface area contributed by atoms with E-state index in [0.717, 1.165) is 12.8 Å². The number of hydrogen-bond donors (Lipinski definition) is 0. The molecule has 0 amide bonds. The summed E-state index contributed by atoms with van der Waals surface area (Å²) in [5.41, 5.74) is 0. The second-order valence-electron chi connectivity index (χ2n) is 5.05. The van der Waals surface area contributed by atoms with E-state index < -0.39 is 0 Å². The summed E-state index contributed by atoms with van der Waals surface area (Å²) in [5, 5.41) is 0. The van der Waals surface area contributed by atoms with Crippen molar-refractivity contribution >= 4 is 29.0 Å². The number of rotatable bonds is 13. The first-order chi connectivity index (χ1) is 8.76. The van der Waals surface area contributed by atoms with Crippen molar-refractivity contribution in [1.29, 1.82) is 0 Å². The topological polar surface area (TPSA) is 17.1 Å². The fourth-order valence-corrected chi connectivity index (χ4v) is 2.70. The molecule has 0 radical (unpaired) electrons. The summed E-state index contributed by atoms with van der Waals surface area (Å²) in [5.74, 6) is 0.824. The molecule has 18 heavy (non-hydrogen) atoms. The van der Waals surface area contributed by atoms with E-state index in [1.54, 1.807) is 0 Å². The third kappa shape index (κ3) is 10.2. The van der Waals surface area contributed by atoms with Crippen LogP contribution in [0.15, 0.2) is 0 Å². The fourth-order valence-electron chi connectivity index (χ4n) is 2.03. The average Bonchev–Trinajstić information content (AvgIpc) is 2.38. The Kier molecular flexibility index (Phi) is 13.9. The maximum atomic E-state index is 11.6. The number of alkyl halides is 2. The molecule has 0 aliphatic heterocycles. The average molecular weight is 295 g/mol. The third-order valence-corrected chi connectivity index (χ3v) is 4.10. The molecule has 0 atom stereocenters. The van der Waals surface area contributed by atoms with E-state index in [1.807, 2.05) is 0 Å². The molecule has 0 saturated carbocycles. The second-order valence-corrected chi connectivity index (χ2v) is 5.67. The Labute approximate surface area is 123 Å². The molecule has 0 heterocycles. The van der Waals surface area contributed by atoms with Gasteiger partial charge in [0, 0.05) is 24.1 Å². The number of ketones is 1. The number of hydrogen-bond acceptors (Lipinski definition) is 1. The van der Waals surface area contributed by atoms with Crippen molar-refractivity contribution in [2.75, 3.05) is 11.8 Å². The van der Waals surface area contributed by atoms with Crippen LogP contribution in [0.4, 0.5) is 0 Å². The van der Waals surface area contributed by atoms with Gasteiger partial charge in [-0.15, -0.1) is 23.2 Å². The van der Waals surface area contributed by atoms with Gasteiger partial charge < -0.3 is 0 Å². The summed E-state index contributed by atoms with van der Waals surface area (Å²) < 4.78 is 0. The third-order valence-electron chi connectivity index (χ3n) is 3.35. The SMILES string of the molecule is CCCCCCCCCCCC(=O)C(CCl)CCl. The van der Waals surface area contributed by atoms with Crippen LogP contribution in [0.1, 0.15) is 71.1 Å². The second kappa shape index (κ2) is 13.7. The Balaban J connectivity index is 3.27. The van der Waals surface area contributed by atoms with Crippen LogP contribution < -0.4 is 0 Å². The van der Waals surface area contributed by atoms with Crippen LogP contribution in [0.2, 0.25) is 0 Å². The molecule has 0 saturated heterocycles. The highest BCUT2D eigenvalue weighted by Gasteiger charge is 2.15. The molecule has 0 bridgehead atoms. The first-order valence-corrected chi connectivity index (χ1v) is 8.47. The molecule has 0 aromatic heterocycles. The number of halogens is 2. The molecule has 0 fully saturated rings. The minimum Gasteiger partial charge on any atom is -0.299 e. The highest BCUT2D eigenvalue weighted by molar-refractivity contribution is 6.23. The minimum atomic E-state index is -0.137. The Morgan fingerprint density at radius 2 is 1.28 bits per heavy atom. The molecular weight excluding hydrogens is 267 g/mol. The lowest BCUT2D eigenvalue weighted by molar-refractivity contribution is -0.121. The van der Waals surface area contributed by atoms with Crippen molar-refractivity contribution in [3.8, 4) is 0 Å². The van der Waals surface area contributed by atoms with Crippen LogP contribution in [0.3, 0.4) is 0 Å². The van der Waals surface area contributed by atoms with Crippen LogP contribution in [-0.2, 0) is 4.79 Å². The van der Waals surface area contributed by atoms with Gasteiger partial charge in [-0.3, -0.25) is 4.79 Å². The Bertz CT molecular complexity index is 191. The predicted molar refractivity (Wildman–Crippen MR) is 81.8 cm³/mol. The highest BCUT2D eigenvalue weighted by atomic mass is 35.5. The van der Waals surface area contributed by atoms with Gasteiger partial charge in [0.25, 0.3) is 0 Å². The van der Waals surface area contributed by atoms with Crippen LogP contribution >= 0.6 is 23.2 Å². The van der Waals surface area contributed by atoms with Crippen LogP contribution in [-0.4, -0.2) is 17.5 Å². The van der Waals surface area contributed by atoms with Gasteiger partial charge in [-0.1, -0.05) is 58.3 Å².